The Morgan fingerprint density at radius 2 is 2.15 bits per heavy atom. The molecule has 0 spiro atoms. The van der Waals surface area contributed by atoms with Crippen LogP contribution < -0.4 is 5.32 Å². The van der Waals surface area contributed by atoms with E-state index in [0.29, 0.717) is 0 Å². The fraction of sp³-hybridized carbons (Fsp3) is 0.412. The molecule has 2 aromatic rings. The monoisotopic (exact) mass is 275 g/mol. The van der Waals surface area contributed by atoms with Crippen LogP contribution in [0.25, 0.3) is 0 Å². The predicted molar refractivity (Wildman–Crippen MR) is 79.2 cm³/mol. The third-order valence-corrected chi connectivity index (χ3v) is 3.37. The van der Waals surface area contributed by atoms with E-state index in [4.69, 9.17) is 4.42 Å². The Kier molecular flexibility index (Phi) is 5.36. The molecule has 0 aliphatic rings. The molecule has 1 heterocycles. The van der Waals surface area contributed by atoms with Gasteiger partial charge in [-0.1, -0.05) is 13.0 Å². The quantitative estimate of drug-likeness (QED) is 0.810. The molecule has 1 unspecified atom stereocenters. The number of hydrogen-bond acceptors (Lipinski definition) is 2. The van der Waals surface area contributed by atoms with E-state index in [0.717, 1.165) is 42.7 Å². The van der Waals surface area contributed by atoms with Crippen molar-refractivity contribution in [2.75, 3.05) is 6.54 Å². The summed E-state index contributed by atoms with van der Waals surface area (Å²) in [5.41, 5.74) is 1.98. The van der Waals surface area contributed by atoms with Crippen LogP contribution in [0.4, 0.5) is 4.39 Å². The lowest BCUT2D eigenvalue weighted by atomic mass is 9.99. The molecule has 0 bridgehead atoms. The first-order valence-electron chi connectivity index (χ1n) is 7.22. The molecule has 20 heavy (non-hydrogen) atoms. The highest BCUT2D eigenvalue weighted by Gasteiger charge is 2.13. The Labute approximate surface area is 120 Å². The predicted octanol–water partition coefficient (Wildman–Crippen LogP) is 4.40. The van der Waals surface area contributed by atoms with Crippen molar-refractivity contribution < 1.29 is 8.81 Å². The van der Waals surface area contributed by atoms with Crippen LogP contribution >= 0.6 is 0 Å². The normalized spacial score (nSPS) is 12.6. The first kappa shape index (κ1) is 14.8. The van der Waals surface area contributed by atoms with Crippen LogP contribution in [0.2, 0.25) is 0 Å². The smallest absolute Gasteiger partial charge is 0.123 e. The third kappa shape index (κ3) is 4.20. The van der Waals surface area contributed by atoms with Gasteiger partial charge in [0.15, 0.2) is 0 Å². The summed E-state index contributed by atoms with van der Waals surface area (Å²) in [6.45, 7) is 4.99. The Morgan fingerprint density at radius 1 is 1.30 bits per heavy atom. The molecule has 0 aliphatic carbocycles. The molecule has 2 rings (SSSR count). The van der Waals surface area contributed by atoms with Gasteiger partial charge in [0.25, 0.3) is 0 Å². The number of benzene rings is 1. The molecule has 0 amide bonds. The van der Waals surface area contributed by atoms with Crippen LogP contribution in [-0.4, -0.2) is 6.54 Å². The van der Waals surface area contributed by atoms with Crippen molar-refractivity contribution in [3.63, 3.8) is 0 Å². The molecule has 108 valence electrons. The Bertz CT molecular complexity index is 502. The maximum absolute atomic E-state index is 13.6. The van der Waals surface area contributed by atoms with Crippen molar-refractivity contribution in [2.45, 2.75) is 39.2 Å². The van der Waals surface area contributed by atoms with Gasteiger partial charge in [-0.3, -0.25) is 0 Å². The van der Waals surface area contributed by atoms with Crippen molar-refractivity contribution in [3.05, 3.63) is 59.3 Å². The average molecular weight is 275 g/mol. The van der Waals surface area contributed by atoms with Gasteiger partial charge in [-0.25, -0.2) is 4.39 Å². The maximum atomic E-state index is 13.6. The topological polar surface area (TPSA) is 25.2 Å². The van der Waals surface area contributed by atoms with Crippen molar-refractivity contribution in [3.8, 4) is 0 Å². The van der Waals surface area contributed by atoms with Gasteiger partial charge in [0.1, 0.15) is 11.6 Å². The van der Waals surface area contributed by atoms with E-state index < -0.39 is 0 Å². The summed E-state index contributed by atoms with van der Waals surface area (Å²) >= 11 is 0. The fourth-order valence-electron chi connectivity index (χ4n) is 2.41. The standard InChI is InChI=1S/C17H22FNO/c1-3-8-19-17(7-6-16-5-4-9-20-16)14-10-13(2)11-15(18)12-14/h4-5,9-12,17,19H,3,6-8H2,1-2H3. The van der Waals surface area contributed by atoms with E-state index in [1.807, 2.05) is 19.1 Å². The molecule has 0 saturated heterocycles. The number of halogens is 1. The number of rotatable bonds is 7. The Hall–Kier alpha value is -1.61. The molecule has 1 N–H and O–H groups in total. The summed E-state index contributed by atoms with van der Waals surface area (Å²) in [7, 11) is 0. The number of nitrogens with one attached hydrogen (secondary N) is 1. The largest absolute Gasteiger partial charge is 0.469 e. The van der Waals surface area contributed by atoms with Gasteiger partial charge < -0.3 is 9.73 Å². The van der Waals surface area contributed by atoms with Crippen molar-refractivity contribution in [1.82, 2.24) is 5.32 Å². The summed E-state index contributed by atoms with van der Waals surface area (Å²) in [6.07, 6.45) is 4.50. The fourth-order valence-corrected chi connectivity index (χ4v) is 2.41. The molecule has 0 saturated carbocycles. The second-order valence-electron chi connectivity index (χ2n) is 5.19. The van der Waals surface area contributed by atoms with E-state index in [1.165, 1.54) is 0 Å². The lowest BCUT2D eigenvalue weighted by Crippen LogP contribution is -2.23. The van der Waals surface area contributed by atoms with Gasteiger partial charge in [-0.2, -0.15) is 0 Å². The molecule has 1 atom stereocenters. The Balaban J connectivity index is 2.09. The zero-order valence-corrected chi connectivity index (χ0v) is 12.2. The van der Waals surface area contributed by atoms with Gasteiger partial charge in [0, 0.05) is 12.5 Å². The highest BCUT2D eigenvalue weighted by atomic mass is 19.1. The van der Waals surface area contributed by atoms with Crippen molar-refractivity contribution in [2.24, 2.45) is 0 Å². The number of hydrogen-bond donors (Lipinski definition) is 1. The summed E-state index contributed by atoms with van der Waals surface area (Å²) in [4.78, 5) is 0. The van der Waals surface area contributed by atoms with Crippen LogP contribution in [0.3, 0.4) is 0 Å². The highest BCUT2D eigenvalue weighted by molar-refractivity contribution is 5.26. The van der Waals surface area contributed by atoms with Crippen LogP contribution in [0.15, 0.2) is 41.0 Å². The van der Waals surface area contributed by atoms with Crippen LogP contribution in [0.5, 0.6) is 0 Å². The van der Waals surface area contributed by atoms with Gasteiger partial charge >= 0.3 is 0 Å². The molecular weight excluding hydrogens is 253 g/mol. The number of furan rings is 1. The zero-order valence-electron chi connectivity index (χ0n) is 12.2. The summed E-state index contributed by atoms with van der Waals surface area (Å²) in [6, 6.07) is 9.28. The van der Waals surface area contributed by atoms with Gasteiger partial charge in [-0.05, 0) is 61.7 Å². The van der Waals surface area contributed by atoms with Crippen molar-refractivity contribution in [1.29, 1.82) is 0 Å². The molecule has 0 radical (unpaired) electrons. The molecule has 3 heteroatoms. The third-order valence-electron chi connectivity index (χ3n) is 3.37. The first-order valence-corrected chi connectivity index (χ1v) is 7.22. The maximum Gasteiger partial charge on any atom is 0.123 e. The molecule has 0 aliphatic heterocycles. The molecule has 1 aromatic heterocycles. The first-order chi connectivity index (χ1) is 9.69. The molecule has 0 fully saturated rings. The van der Waals surface area contributed by atoms with E-state index in [-0.39, 0.29) is 11.9 Å². The summed E-state index contributed by atoms with van der Waals surface area (Å²) in [5, 5.41) is 3.49. The van der Waals surface area contributed by atoms with E-state index in [2.05, 4.69) is 18.3 Å². The van der Waals surface area contributed by atoms with E-state index in [1.54, 1.807) is 18.4 Å². The minimum atomic E-state index is -0.165. The minimum absolute atomic E-state index is 0.162. The SMILES string of the molecule is CCCNC(CCc1ccco1)c1cc(C)cc(F)c1. The molecular formula is C17H22FNO. The van der Waals surface area contributed by atoms with Crippen LogP contribution in [0.1, 0.15) is 42.7 Å². The lowest BCUT2D eigenvalue weighted by Gasteiger charge is -2.19. The average Bonchev–Trinajstić information content (AvgIpc) is 2.91. The summed E-state index contributed by atoms with van der Waals surface area (Å²) in [5.74, 6) is 0.808. The minimum Gasteiger partial charge on any atom is -0.469 e. The molecule has 2 nitrogen and oxygen atoms in total. The summed E-state index contributed by atoms with van der Waals surface area (Å²) < 4.78 is 18.9. The second-order valence-corrected chi connectivity index (χ2v) is 5.19. The number of aryl methyl sites for hydroxylation is 2. The Morgan fingerprint density at radius 3 is 2.80 bits per heavy atom. The zero-order chi connectivity index (χ0) is 14.4. The van der Waals surface area contributed by atoms with Gasteiger partial charge in [0.2, 0.25) is 0 Å². The van der Waals surface area contributed by atoms with Gasteiger partial charge in [-0.15, -0.1) is 0 Å². The second kappa shape index (κ2) is 7.25. The van der Waals surface area contributed by atoms with Crippen molar-refractivity contribution >= 4 is 0 Å². The van der Waals surface area contributed by atoms with Gasteiger partial charge in [0.05, 0.1) is 6.26 Å². The lowest BCUT2D eigenvalue weighted by molar-refractivity contribution is 0.451. The van der Waals surface area contributed by atoms with E-state index >= 15 is 0 Å². The van der Waals surface area contributed by atoms with Crippen LogP contribution in [-0.2, 0) is 6.42 Å². The van der Waals surface area contributed by atoms with Crippen LogP contribution in [0, 0.1) is 12.7 Å². The van der Waals surface area contributed by atoms with E-state index in [9.17, 15) is 4.39 Å². The highest BCUT2D eigenvalue weighted by Crippen LogP contribution is 2.22. The molecule has 1 aromatic carbocycles.